The van der Waals surface area contributed by atoms with Gasteiger partial charge in [0.15, 0.2) is 0 Å². The fourth-order valence-corrected chi connectivity index (χ4v) is 3.30. The van der Waals surface area contributed by atoms with Crippen molar-refractivity contribution in [2.24, 2.45) is 4.99 Å². The summed E-state index contributed by atoms with van der Waals surface area (Å²) in [5, 5.41) is 4.32. The van der Waals surface area contributed by atoms with Gasteiger partial charge >= 0.3 is 0 Å². The van der Waals surface area contributed by atoms with Gasteiger partial charge in [0, 0.05) is 41.0 Å². The number of hydrogen-bond acceptors (Lipinski definition) is 3. The summed E-state index contributed by atoms with van der Waals surface area (Å²) in [4.78, 5) is 19.3. The van der Waals surface area contributed by atoms with Crippen molar-refractivity contribution in [1.29, 1.82) is 0 Å². The molecule has 0 atom stereocenters. The molecule has 27 heavy (non-hydrogen) atoms. The minimum Gasteiger partial charge on any atom is -0.389 e. The summed E-state index contributed by atoms with van der Waals surface area (Å²) < 4.78 is 0. The van der Waals surface area contributed by atoms with Gasteiger partial charge in [-0.3, -0.25) is 4.79 Å². The van der Waals surface area contributed by atoms with Crippen LogP contribution in [0.5, 0.6) is 0 Å². The molecule has 140 valence electrons. The number of amides is 1. The number of nitrogens with one attached hydrogen (secondary N) is 1. The Hall–Kier alpha value is -2.30. The number of unbranched alkanes of at least 4 members (excludes halogenated alkanes) is 1. The lowest BCUT2D eigenvalue weighted by atomic mass is 10.00. The van der Waals surface area contributed by atoms with Gasteiger partial charge in [-0.1, -0.05) is 54.7 Å². The predicted molar refractivity (Wildman–Crippen MR) is 113 cm³/mol. The lowest BCUT2D eigenvalue weighted by Gasteiger charge is -2.18. The van der Waals surface area contributed by atoms with Crippen molar-refractivity contribution in [2.75, 3.05) is 18.5 Å². The van der Waals surface area contributed by atoms with Crippen LogP contribution in [0.4, 0.5) is 5.69 Å². The Kier molecular flexibility index (Phi) is 6.19. The number of benzodiazepines with no additional fused rings is 1. The highest BCUT2D eigenvalue weighted by Crippen LogP contribution is 2.32. The Balaban J connectivity index is 2.18. The number of halogens is 2. The Morgan fingerprint density at radius 2 is 1.93 bits per heavy atom. The van der Waals surface area contributed by atoms with Gasteiger partial charge in [0.2, 0.25) is 0 Å². The summed E-state index contributed by atoms with van der Waals surface area (Å²) in [6, 6.07) is 12.9. The van der Waals surface area contributed by atoms with Crippen LogP contribution in [0, 0.1) is 0 Å². The minimum atomic E-state index is -0.190. The van der Waals surface area contributed by atoms with Crippen LogP contribution in [-0.4, -0.2) is 25.2 Å². The van der Waals surface area contributed by atoms with Crippen LogP contribution < -0.4 is 10.2 Å². The molecule has 0 aliphatic carbocycles. The zero-order valence-electron chi connectivity index (χ0n) is 15.3. The number of benzene rings is 2. The molecule has 0 radical (unpaired) electrons. The smallest absolute Gasteiger partial charge is 0.278 e. The first-order valence-corrected chi connectivity index (χ1v) is 9.63. The minimum absolute atomic E-state index is 0.190. The Bertz CT molecular complexity index is 921. The van der Waals surface area contributed by atoms with Gasteiger partial charge in [0.25, 0.3) is 5.91 Å². The molecule has 1 aliphatic rings. The number of nitrogens with zero attached hydrogens (tertiary/aromatic N) is 2. The number of carbonyl (C=O) groups is 1. The van der Waals surface area contributed by atoms with E-state index in [1.807, 2.05) is 36.4 Å². The second kappa shape index (κ2) is 8.59. The molecule has 0 unspecified atom stereocenters. The van der Waals surface area contributed by atoms with E-state index in [9.17, 15) is 4.79 Å². The number of hydrogen-bond donors (Lipinski definition) is 1. The highest BCUT2D eigenvalue weighted by Gasteiger charge is 2.27. The summed E-state index contributed by atoms with van der Waals surface area (Å²) in [6.45, 7) is 2.90. The van der Waals surface area contributed by atoms with Crippen LogP contribution in [0.2, 0.25) is 10.0 Å². The monoisotopic (exact) mass is 401 g/mol. The van der Waals surface area contributed by atoms with Crippen molar-refractivity contribution < 1.29 is 4.79 Å². The zero-order valence-corrected chi connectivity index (χ0v) is 16.8. The predicted octanol–water partition coefficient (Wildman–Crippen LogP) is 5.04. The normalized spacial score (nSPS) is 15.4. The molecule has 2 aromatic rings. The van der Waals surface area contributed by atoms with E-state index in [0.717, 1.165) is 36.2 Å². The largest absolute Gasteiger partial charge is 0.389 e. The Labute approximate surface area is 169 Å². The van der Waals surface area contributed by atoms with Crippen molar-refractivity contribution >= 4 is 40.5 Å². The van der Waals surface area contributed by atoms with Crippen LogP contribution in [0.1, 0.15) is 30.9 Å². The molecule has 4 nitrogen and oxygen atoms in total. The molecule has 1 amide bonds. The van der Waals surface area contributed by atoms with Crippen LogP contribution in [0.15, 0.2) is 59.4 Å². The van der Waals surface area contributed by atoms with E-state index in [1.165, 1.54) is 0 Å². The summed E-state index contributed by atoms with van der Waals surface area (Å²) in [5.41, 5.74) is 3.21. The Morgan fingerprint density at radius 1 is 1.15 bits per heavy atom. The van der Waals surface area contributed by atoms with Gasteiger partial charge in [-0.05, 0) is 30.7 Å². The second-order valence-corrected chi connectivity index (χ2v) is 7.15. The van der Waals surface area contributed by atoms with E-state index in [4.69, 9.17) is 28.2 Å². The van der Waals surface area contributed by atoms with Crippen LogP contribution in [0.3, 0.4) is 0 Å². The first kappa shape index (κ1) is 19.5. The maximum atomic E-state index is 13.0. The molecule has 0 bridgehead atoms. The van der Waals surface area contributed by atoms with Crippen molar-refractivity contribution in [3.8, 4) is 0 Å². The van der Waals surface area contributed by atoms with E-state index >= 15 is 0 Å². The van der Waals surface area contributed by atoms with Gasteiger partial charge in [0.1, 0.15) is 5.70 Å². The number of likely N-dealkylation sites (N-methyl/N-ethyl adjacent to an activating group) is 1. The molecule has 3 rings (SSSR count). The highest BCUT2D eigenvalue weighted by molar-refractivity contribution is 6.37. The molecule has 0 saturated carbocycles. The van der Waals surface area contributed by atoms with Gasteiger partial charge in [-0.15, -0.1) is 0 Å². The van der Waals surface area contributed by atoms with Gasteiger partial charge < -0.3 is 10.2 Å². The second-order valence-electron chi connectivity index (χ2n) is 6.30. The molecule has 1 aliphatic heterocycles. The average Bonchev–Trinajstić information content (AvgIpc) is 2.76. The molecule has 2 aromatic carbocycles. The highest BCUT2D eigenvalue weighted by atomic mass is 35.5. The van der Waals surface area contributed by atoms with Crippen molar-refractivity contribution in [3.63, 3.8) is 0 Å². The summed E-state index contributed by atoms with van der Waals surface area (Å²) in [7, 11) is 1.74. The standard InChI is InChI=1S/C21H21Cl2N3O/c1-3-4-11-24-13-18-21(27)26(2)19-10-9-14(22)12-16(19)20(25-18)15-7-5-6-8-17(15)23/h5-10,12-13,24H,3-4,11H2,1-2H3. The summed E-state index contributed by atoms with van der Waals surface area (Å²) in [6.07, 6.45) is 3.77. The van der Waals surface area contributed by atoms with Gasteiger partial charge in [-0.25, -0.2) is 4.99 Å². The number of rotatable bonds is 5. The molecule has 0 spiro atoms. The third-order valence-corrected chi connectivity index (χ3v) is 4.94. The average molecular weight is 402 g/mol. The first-order valence-electron chi connectivity index (χ1n) is 8.88. The summed E-state index contributed by atoms with van der Waals surface area (Å²) >= 11 is 12.7. The zero-order chi connectivity index (χ0) is 19.4. The van der Waals surface area contributed by atoms with Crippen LogP contribution in [-0.2, 0) is 4.79 Å². The van der Waals surface area contributed by atoms with E-state index in [2.05, 4.69) is 12.2 Å². The number of fused-ring (bicyclic) bond motifs is 1. The third-order valence-electron chi connectivity index (χ3n) is 4.37. The van der Waals surface area contributed by atoms with Gasteiger partial charge in [0.05, 0.1) is 11.4 Å². The number of anilines is 1. The quantitative estimate of drug-likeness (QED) is 0.563. The molecular weight excluding hydrogens is 381 g/mol. The number of carbonyl (C=O) groups excluding carboxylic acids is 1. The Morgan fingerprint density at radius 3 is 2.67 bits per heavy atom. The topological polar surface area (TPSA) is 44.7 Å². The lowest BCUT2D eigenvalue weighted by molar-refractivity contribution is -0.114. The maximum absolute atomic E-state index is 13.0. The van der Waals surface area contributed by atoms with Gasteiger partial charge in [-0.2, -0.15) is 0 Å². The van der Waals surface area contributed by atoms with Crippen LogP contribution >= 0.6 is 23.2 Å². The SMILES string of the molecule is CCCCNC=C1N=C(c2ccccc2Cl)c2cc(Cl)ccc2N(C)C1=O. The third kappa shape index (κ3) is 4.18. The van der Waals surface area contributed by atoms with Crippen LogP contribution in [0.25, 0.3) is 0 Å². The fraction of sp³-hybridized carbons (Fsp3) is 0.238. The molecule has 1 N–H and O–H groups in total. The molecule has 0 saturated heterocycles. The first-order chi connectivity index (χ1) is 13.0. The van der Waals surface area contributed by atoms with Crippen molar-refractivity contribution in [3.05, 3.63) is 75.5 Å². The van der Waals surface area contributed by atoms with E-state index in [0.29, 0.717) is 21.5 Å². The lowest BCUT2D eigenvalue weighted by Crippen LogP contribution is -2.27. The fourth-order valence-electron chi connectivity index (χ4n) is 2.90. The van der Waals surface area contributed by atoms with E-state index in [-0.39, 0.29) is 5.91 Å². The molecule has 0 fully saturated rings. The van der Waals surface area contributed by atoms with Crippen molar-refractivity contribution in [1.82, 2.24) is 5.32 Å². The number of aliphatic imine (C=N–C) groups is 1. The molecule has 0 aromatic heterocycles. The maximum Gasteiger partial charge on any atom is 0.278 e. The van der Waals surface area contributed by atoms with E-state index < -0.39 is 0 Å². The molecular formula is C21H21Cl2N3O. The summed E-state index contributed by atoms with van der Waals surface area (Å²) in [5.74, 6) is -0.190. The van der Waals surface area contributed by atoms with Crippen molar-refractivity contribution in [2.45, 2.75) is 19.8 Å². The van der Waals surface area contributed by atoms with E-state index in [1.54, 1.807) is 24.2 Å². The molecule has 1 heterocycles. The molecule has 6 heteroatoms.